The van der Waals surface area contributed by atoms with Crippen LogP contribution in [0.25, 0.3) is 0 Å². The zero-order chi connectivity index (χ0) is 11.5. The normalized spacial score (nSPS) is 11.1. The van der Waals surface area contributed by atoms with Crippen LogP contribution in [0, 0.1) is 0 Å². The van der Waals surface area contributed by atoms with Crippen molar-refractivity contribution in [2.45, 2.75) is 13.1 Å². The predicted molar refractivity (Wildman–Crippen MR) is 58.6 cm³/mol. The number of benzene rings is 1. The van der Waals surface area contributed by atoms with Crippen LogP contribution in [0.5, 0.6) is 5.75 Å². The number of hydrogen-bond donors (Lipinski definition) is 2. The smallest absolute Gasteiger partial charge is 0.335 e. The van der Waals surface area contributed by atoms with Gasteiger partial charge < -0.3 is 14.6 Å². The molecular weight excluding hydrogens is 212 g/mol. The molecule has 0 unspecified atom stereocenters. The first-order valence-corrected chi connectivity index (χ1v) is 7.72. The predicted octanol–water partition coefficient (Wildman–Crippen LogP) is 1.50. The van der Waals surface area contributed by atoms with E-state index < -0.39 is 14.3 Å². The molecule has 0 heterocycles. The van der Waals surface area contributed by atoms with Gasteiger partial charge in [-0.25, -0.2) is 4.79 Å². The van der Waals surface area contributed by atoms with E-state index in [4.69, 9.17) is 9.84 Å². The number of ether oxygens (including phenoxy) is 1. The van der Waals surface area contributed by atoms with Crippen molar-refractivity contribution in [1.29, 1.82) is 0 Å². The van der Waals surface area contributed by atoms with E-state index in [1.807, 2.05) is 0 Å². The third kappa shape index (κ3) is 4.14. The van der Waals surface area contributed by atoms with Crippen LogP contribution in [0.1, 0.15) is 10.4 Å². The second-order valence-electron chi connectivity index (χ2n) is 3.93. The van der Waals surface area contributed by atoms with E-state index in [2.05, 4.69) is 0 Å². The van der Waals surface area contributed by atoms with Crippen LogP contribution < -0.4 is 4.74 Å². The Labute approximate surface area is 89.3 Å². The average Bonchev–Trinajstić information content (AvgIpc) is 2.14. The lowest BCUT2D eigenvalue weighted by Gasteiger charge is -2.14. The molecule has 2 N–H and O–H groups in total. The Morgan fingerprint density at radius 3 is 2.27 bits per heavy atom. The Balaban J connectivity index is 2.61. The van der Waals surface area contributed by atoms with Gasteiger partial charge in [0.2, 0.25) is 8.32 Å². The Morgan fingerprint density at radius 2 is 1.87 bits per heavy atom. The summed E-state index contributed by atoms with van der Waals surface area (Å²) in [7, 11) is -2.21. The summed E-state index contributed by atoms with van der Waals surface area (Å²) in [5.41, 5.74) is 0.225. The maximum absolute atomic E-state index is 10.6. The standard InChI is InChI=1S/C10H14O4Si/c1-15(2,13)7-14-9-5-3-8(4-6-9)10(11)12/h3-6,13H,7H2,1-2H3,(H,11,12). The van der Waals surface area contributed by atoms with Crippen LogP contribution >= 0.6 is 0 Å². The summed E-state index contributed by atoms with van der Waals surface area (Å²) in [6.45, 7) is 3.55. The molecule has 0 atom stereocenters. The van der Waals surface area contributed by atoms with E-state index in [0.717, 1.165) is 0 Å². The molecule has 0 fully saturated rings. The second-order valence-corrected chi connectivity index (χ2v) is 7.84. The minimum Gasteiger partial charge on any atom is -0.494 e. The number of carbonyl (C=O) groups is 1. The van der Waals surface area contributed by atoms with E-state index in [9.17, 15) is 9.59 Å². The van der Waals surface area contributed by atoms with Crippen molar-refractivity contribution in [3.05, 3.63) is 29.8 Å². The highest BCUT2D eigenvalue weighted by molar-refractivity contribution is 6.69. The maximum atomic E-state index is 10.6. The van der Waals surface area contributed by atoms with E-state index in [1.165, 1.54) is 12.1 Å². The second kappa shape index (κ2) is 4.46. The largest absolute Gasteiger partial charge is 0.494 e. The Morgan fingerprint density at radius 1 is 1.33 bits per heavy atom. The first-order valence-electron chi connectivity index (χ1n) is 4.57. The fraction of sp³-hybridized carbons (Fsp3) is 0.300. The van der Waals surface area contributed by atoms with Gasteiger partial charge in [0.1, 0.15) is 12.0 Å². The van der Waals surface area contributed by atoms with Gasteiger partial charge in [-0.1, -0.05) is 0 Å². The molecule has 82 valence electrons. The molecule has 15 heavy (non-hydrogen) atoms. The SMILES string of the molecule is C[Si](C)(O)COc1ccc(C(=O)O)cc1. The molecule has 5 heteroatoms. The van der Waals surface area contributed by atoms with Gasteiger partial charge in [0, 0.05) is 0 Å². The van der Waals surface area contributed by atoms with E-state index in [1.54, 1.807) is 25.2 Å². The van der Waals surface area contributed by atoms with Gasteiger partial charge in [-0.05, 0) is 37.4 Å². The van der Waals surface area contributed by atoms with Crippen LogP contribution in [0.15, 0.2) is 24.3 Å². The topological polar surface area (TPSA) is 66.8 Å². The van der Waals surface area contributed by atoms with Crippen LogP contribution in [-0.2, 0) is 0 Å². The molecule has 0 saturated carbocycles. The monoisotopic (exact) mass is 226 g/mol. The molecule has 0 saturated heterocycles. The number of hydrogen-bond acceptors (Lipinski definition) is 3. The van der Waals surface area contributed by atoms with Gasteiger partial charge in [0.05, 0.1) is 5.56 Å². The van der Waals surface area contributed by atoms with Crippen molar-refractivity contribution < 1.29 is 19.4 Å². The fourth-order valence-electron chi connectivity index (χ4n) is 0.954. The van der Waals surface area contributed by atoms with Crippen LogP contribution in [0.4, 0.5) is 0 Å². The Kier molecular flexibility index (Phi) is 3.49. The lowest BCUT2D eigenvalue weighted by molar-refractivity contribution is 0.0697. The molecule has 0 bridgehead atoms. The highest BCUT2D eigenvalue weighted by Gasteiger charge is 2.17. The van der Waals surface area contributed by atoms with E-state index in [-0.39, 0.29) is 5.56 Å². The van der Waals surface area contributed by atoms with Crippen LogP contribution in [0.2, 0.25) is 13.1 Å². The van der Waals surface area contributed by atoms with Crippen LogP contribution in [0.3, 0.4) is 0 Å². The Bertz CT molecular complexity index is 339. The van der Waals surface area contributed by atoms with E-state index in [0.29, 0.717) is 12.0 Å². The van der Waals surface area contributed by atoms with Gasteiger partial charge in [-0.15, -0.1) is 0 Å². The van der Waals surface area contributed by atoms with Gasteiger partial charge in [-0.2, -0.15) is 0 Å². The molecular formula is C10H14O4Si. The highest BCUT2D eigenvalue weighted by atomic mass is 28.4. The summed E-state index contributed by atoms with van der Waals surface area (Å²) in [6, 6.07) is 6.13. The minimum atomic E-state index is -2.21. The first kappa shape index (κ1) is 11.7. The third-order valence-corrected chi connectivity index (χ3v) is 2.54. The summed E-state index contributed by atoms with van der Waals surface area (Å²) in [4.78, 5) is 20.1. The zero-order valence-corrected chi connectivity index (χ0v) is 9.73. The molecule has 0 aliphatic rings. The third-order valence-electron chi connectivity index (χ3n) is 1.69. The molecule has 0 aromatic heterocycles. The Hall–Kier alpha value is -1.33. The summed E-state index contributed by atoms with van der Waals surface area (Å²) in [6.07, 6.45) is 0.305. The minimum absolute atomic E-state index is 0.225. The van der Waals surface area contributed by atoms with Crippen molar-refractivity contribution in [1.82, 2.24) is 0 Å². The van der Waals surface area contributed by atoms with Crippen molar-refractivity contribution in [2.24, 2.45) is 0 Å². The fourth-order valence-corrected chi connectivity index (χ4v) is 1.47. The molecule has 0 aliphatic heterocycles. The van der Waals surface area contributed by atoms with Crippen molar-refractivity contribution in [3.63, 3.8) is 0 Å². The number of aromatic carboxylic acids is 1. The molecule has 4 nitrogen and oxygen atoms in total. The number of rotatable bonds is 4. The van der Waals surface area contributed by atoms with Gasteiger partial charge in [-0.3, -0.25) is 0 Å². The molecule has 0 amide bonds. The zero-order valence-electron chi connectivity index (χ0n) is 8.73. The lowest BCUT2D eigenvalue weighted by atomic mass is 10.2. The van der Waals surface area contributed by atoms with Gasteiger partial charge in [0.15, 0.2) is 0 Å². The summed E-state index contributed by atoms with van der Waals surface area (Å²) in [5.74, 6) is -0.381. The lowest BCUT2D eigenvalue weighted by Crippen LogP contribution is -2.34. The van der Waals surface area contributed by atoms with Crippen molar-refractivity contribution in [2.75, 3.05) is 6.23 Å². The summed E-state index contributed by atoms with van der Waals surface area (Å²) in [5, 5.41) is 8.66. The molecule has 1 aromatic rings. The number of carboxylic acid groups (broad SMARTS) is 1. The molecule has 1 rings (SSSR count). The summed E-state index contributed by atoms with van der Waals surface area (Å²) >= 11 is 0. The van der Waals surface area contributed by atoms with Crippen molar-refractivity contribution >= 4 is 14.3 Å². The van der Waals surface area contributed by atoms with Crippen molar-refractivity contribution in [3.8, 4) is 5.75 Å². The molecule has 0 spiro atoms. The number of carboxylic acids is 1. The highest BCUT2D eigenvalue weighted by Crippen LogP contribution is 2.13. The van der Waals surface area contributed by atoms with Gasteiger partial charge in [0.25, 0.3) is 0 Å². The van der Waals surface area contributed by atoms with E-state index >= 15 is 0 Å². The maximum Gasteiger partial charge on any atom is 0.335 e. The molecule has 0 radical (unpaired) electrons. The molecule has 0 aliphatic carbocycles. The van der Waals surface area contributed by atoms with Crippen LogP contribution in [-0.4, -0.2) is 30.4 Å². The average molecular weight is 226 g/mol. The van der Waals surface area contributed by atoms with Gasteiger partial charge >= 0.3 is 5.97 Å². The quantitative estimate of drug-likeness (QED) is 0.763. The molecule has 1 aromatic carbocycles. The first-order chi connectivity index (χ1) is 6.88. The summed E-state index contributed by atoms with van der Waals surface area (Å²) < 4.78 is 5.32.